The van der Waals surface area contributed by atoms with E-state index < -0.39 is 0 Å². The van der Waals surface area contributed by atoms with E-state index in [1.807, 2.05) is 0 Å². The van der Waals surface area contributed by atoms with Gasteiger partial charge in [-0.2, -0.15) is 0 Å². The fraction of sp³-hybridized carbons (Fsp3) is 1.00. The first-order chi connectivity index (χ1) is 3.22. The fourth-order valence-electron chi connectivity index (χ4n) is 0.809. The summed E-state index contributed by atoms with van der Waals surface area (Å²) in [4.78, 5) is 0. The summed E-state index contributed by atoms with van der Waals surface area (Å²) in [6, 6.07) is 0.347. The molecule has 0 aromatic rings. The van der Waals surface area contributed by atoms with Crippen LogP contribution >= 0.6 is 0 Å². The van der Waals surface area contributed by atoms with Crippen molar-refractivity contribution in [3.8, 4) is 0 Å². The zero-order valence-corrected chi connectivity index (χ0v) is 4.72. The van der Waals surface area contributed by atoms with Gasteiger partial charge in [-0.1, -0.05) is 6.92 Å². The molecule has 2 atom stereocenters. The molecule has 2 heteroatoms. The van der Waals surface area contributed by atoms with Gasteiger partial charge in [-0.25, -0.2) is 0 Å². The van der Waals surface area contributed by atoms with Crippen molar-refractivity contribution in [2.24, 2.45) is 5.92 Å². The van der Waals surface area contributed by atoms with Gasteiger partial charge in [0.2, 0.25) is 0 Å². The molecule has 0 saturated heterocycles. The monoisotopic (exact) mass is 100 g/mol. The molecule has 2 nitrogen and oxygen atoms in total. The summed E-state index contributed by atoms with van der Waals surface area (Å²) in [5.41, 5.74) is 0. The van der Waals surface area contributed by atoms with Crippen LogP contribution in [0.4, 0.5) is 0 Å². The molecule has 1 aliphatic carbocycles. The van der Waals surface area contributed by atoms with Crippen LogP contribution < -0.4 is 0 Å². The molecule has 0 radical (unpaired) electrons. The fourth-order valence-corrected chi connectivity index (χ4v) is 0.809. The average molecular weight is 100 g/mol. The molecule has 1 saturated carbocycles. The van der Waals surface area contributed by atoms with Crippen LogP contribution in [-0.2, 0) is 0 Å². The lowest BCUT2D eigenvalue weighted by Crippen LogP contribution is -2.12. The summed E-state index contributed by atoms with van der Waals surface area (Å²) in [6.07, 6.45) is 1.10. The summed E-state index contributed by atoms with van der Waals surface area (Å²) in [6.45, 7) is 2.10. The number of hydroxylamine groups is 2. The van der Waals surface area contributed by atoms with E-state index in [9.17, 15) is 5.21 Å². The molecule has 1 rings (SSSR count). The topological polar surface area (TPSA) is 26.3 Å². The normalized spacial score (nSPS) is 39.4. The molecular formula is C5H10NO-. The molecule has 42 valence electrons. The van der Waals surface area contributed by atoms with E-state index >= 15 is 0 Å². The molecule has 0 aromatic heterocycles. The van der Waals surface area contributed by atoms with E-state index in [1.165, 1.54) is 0 Å². The molecule has 0 spiro atoms. The van der Waals surface area contributed by atoms with Crippen LogP contribution in [0.5, 0.6) is 0 Å². The van der Waals surface area contributed by atoms with Gasteiger partial charge < -0.3 is 10.3 Å². The highest BCUT2D eigenvalue weighted by Crippen LogP contribution is 2.32. The molecule has 0 aromatic carbocycles. The van der Waals surface area contributed by atoms with Crippen LogP contribution in [0, 0.1) is 11.1 Å². The SMILES string of the molecule is C[C@H]1CC1N(C)[O-]. The van der Waals surface area contributed by atoms with E-state index in [0.717, 1.165) is 11.5 Å². The van der Waals surface area contributed by atoms with Crippen LogP contribution in [-0.4, -0.2) is 18.2 Å². The minimum atomic E-state index is 0.347. The van der Waals surface area contributed by atoms with E-state index in [4.69, 9.17) is 0 Å². The number of hydrogen-bond acceptors (Lipinski definition) is 2. The van der Waals surface area contributed by atoms with Gasteiger partial charge in [-0.05, 0) is 19.4 Å². The van der Waals surface area contributed by atoms with Crippen LogP contribution in [0.1, 0.15) is 13.3 Å². The van der Waals surface area contributed by atoms with E-state index in [1.54, 1.807) is 7.05 Å². The smallest absolute Gasteiger partial charge is 0.000166 e. The predicted octanol–water partition coefficient (Wildman–Crippen LogP) is 0.824. The van der Waals surface area contributed by atoms with E-state index in [-0.39, 0.29) is 0 Å². The highest BCUT2D eigenvalue weighted by atomic mass is 16.5. The van der Waals surface area contributed by atoms with Gasteiger partial charge >= 0.3 is 0 Å². The third-order valence-corrected chi connectivity index (χ3v) is 1.53. The minimum absolute atomic E-state index is 0.347. The molecule has 0 aliphatic heterocycles. The lowest BCUT2D eigenvalue weighted by molar-refractivity contribution is 0.429. The lowest BCUT2D eigenvalue weighted by Gasteiger charge is -2.21. The van der Waals surface area contributed by atoms with Gasteiger partial charge in [0.25, 0.3) is 0 Å². The number of nitrogens with zero attached hydrogens (tertiary/aromatic N) is 1. The van der Waals surface area contributed by atoms with Crippen molar-refractivity contribution < 1.29 is 0 Å². The Kier molecular flexibility index (Phi) is 1.05. The zero-order valence-electron chi connectivity index (χ0n) is 4.72. The summed E-state index contributed by atoms with van der Waals surface area (Å²) in [7, 11) is 1.59. The summed E-state index contributed by atoms with van der Waals surface area (Å²) < 4.78 is 0. The first-order valence-corrected chi connectivity index (χ1v) is 2.62. The van der Waals surface area contributed by atoms with Crippen molar-refractivity contribution >= 4 is 0 Å². The Balaban J connectivity index is 2.20. The van der Waals surface area contributed by atoms with Crippen molar-refractivity contribution in [2.45, 2.75) is 19.4 Å². The molecule has 7 heavy (non-hydrogen) atoms. The number of hydrogen-bond donors (Lipinski definition) is 0. The Hall–Kier alpha value is -0.0800. The largest absolute Gasteiger partial charge is 0.785 e. The quantitative estimate of drug-likeness (QED) is 0.456. The zero-order chi connectivity index (χ0) is 5.44. The Bertz CT molecular complexity index is 72.5. The molecule has 1 aliphatic rings. The van der Waals surface area contributed by atoms with Crippen molar-refractivity contribution in [1.29, 1.82) is 0 Å². The van der Waals surface area contributed by atoms with Crippen LogP contribution in [0.3, 0.4) is 0 Å². The maximum atomic E-state index is 10.3. The van der Waals surface area contributed by atoms with Crippen molar-refractivity contribution in [3.05, 3.63) is 5.21 Å². The summed E-state index contributed by atoms with van der Waals surface area (Å²) in [5, 5.41) is 11.4. The molecule has 1 fully saturated rings. The standard InChI is InChI=1S/C5H10NO/c1-4-3-5(4)6(2)7/h4-5H,3H2,1-2H3/q-1/t4-,5?/m0/s1. The van der Waals surface area contributed by atoms with Crippen LogP contribution in [0.2, 0.25) is 0 Å². The average Bonchev–Trinajstić information content (AvgIpc) is 2.17. The number of rotatable bonds is 1. The third-order valence-electron chi connectivity index (χ3n) is 1.53. The molecular weight excluding hydrogens is 90.1 g/mol. The molecule has 0 N–H and O–H groups in total. The van der Waals surface area contributed by atoms with E-state index in [2.05, 4.69) is 6.92 Å². The highest BCUT2D eigenvalue weighted by molar-refractivity contribution is 4.90. The molecule has 0 bridgehead atoms. The Morgan fingerprint density at radius 2 is 2.14 bits per heavy atom. The van der Waals surface area contributed by atoms with Gasteiger partial charge in [0.05, 0.1) is 0 Å². The second-order valence-electron chi connectivity index (χ2n) is 2.33. The van der Waals surface area contributed by atoms with Gasteiger partial charge in [0.1, 0.15) is 0 Å². The lowest BCUT2D eigenvalue weighted by atomic mass is 10.5. The summed E-state index contributed by atoms with van der Waals surface area (Å²) >= 11 is 0. The molecule has 0 heterocycles. The summed E-state index contributed by atoms with van der Waals surface area (Å²) in [5.74, 6) is 0.655. The Morgan fingerprint density at radius 1 is 1.71 bits per heavy atom. The minimum Gasteiger partial charge on any atom is -0.785 e. The van der Waals surface area contributed by atoms with Crippen LogP contribution in [0.25, 0.3) is 0 Å². The molecule has 1 unspecified atom stereocenters. The first-order valence-electron chi connectivity index (χ1n) is 2.62. The third kappa shape index (κ3) is 0.924. The second kappa shape index (κ2) is 1.46. The first kappa shape index (κ1) is 5.06. The Morgan fingerprint density at radius 3 is 2.14 bits per heavy atom. The van der Waals surface area contributed by atoms with Crippen molar-refractivity contribution in [2.75, 3.05) is 7.05 Å². The van der Waals surface area contributed by atoms with E-state index in [0.29, 0.717) is 12.0 Å². The Labute approximate surface area is 43.7 Å². The van der Waals surface area contributed by atoms with Gasteiger partial charge in [-0.3, -0.25) is 0 Å². The molecule has 0 amide bonds. The van der Waals surface area contributed by atoms with Crippen molar-refractivity contribution in [3.63, 3.8) is 0 Å². The van der Waals surface area contributed by atoms with Gasteiger partial charge in [0.15, 0.2) is 0 Å². The van der Waals surface area contributed by atoms with Gasteiger partial charge in [0, 0.05) is 6.04 Å². The maximum Gasteiger partial charge on any atom is 0.000166 e. The van der Waals surface area contributed by atoms with Crippen molar-refractivity contribution in [1.82, 2.24) is 5.06 Å². The highest BCUT2D eigenvalue weighted by Gasteiger charge is 2.31. The predicted molar refractivity (Wildman–Crippen MR) is 28.7 cm³/mol. The van der Waals surface area contributed by atoms with Gasteiger partial charge in [-0.15, -0.1) is 0 Å². The van der Waals surface area contributed by atoms with Crippen LogP contribution in [0.15, 0.2) is 0 Å². The second-order valence-corrected chi connectivity index (χ2v) is 2.33. The maximum absolute atomic E-state index is 10.3.